The molecule has 0 fully saturated rings. The minimum atomic E-state index is -4.45. The summed E-state index contributed by atoms with van der Waals surface area (Å²) in [4.78, 5) is 25.4. The maximum atomic E-state index is 12.9. The Kier molecular flexibility index (Phi) is 5.75. The van der Waals surface area contributed by atoms with Crippen molar-refractivity contribution in [1.29, 1.82) is 0 Å². The van der Waals surface area contributed by atoms with E-state index in [1.165, 1.54) is 18.5 Å². The highest BCUT2D eigenvalue weighted by molar-refractivity contribution is 7.15. The fraction of sp³-hybridized carbons (Fsp3) is 0.100. The van der Waals surface area contributed by atoms with E-state index in [0.717, 1.165) is 23.5 Å². The van der Waals surface area contributed by atoms with Crippen LogP contribution < -0.4 is 5.32 Å². The number of imidazole rings is 1. The number of hydrogen-bond donors (Lipinski definition) is 1. The number of benzene rings is 1. The highest BCUT2D eigenvalue weighted by atomic mass is 35.5. The molecule has 0 radical (unpaired) electrons. The first-order chi connectivity index (χ1) is 14.8. The normalized spacial score (nSPS) is 11.5. The van der Waals surface area contributed by atoms with Crippen LogP contribution in [-0.2, 0) is 12.6 Å². The van der Waals surface area contributed by atoms with Crippen LogP contribution in [0.3, 0.4) is 0 Å². The molecule has 0 spiro atoms. The molecule has 1 N–H and O–H groups in total. The van der Waals surface area contributed by atoms with Crippen molar-refractivity contribution < 1.29 is 18.0 Å². The second-order valence-corrected chi connectivity index (χ2v) is 7.96. The first kappa shape index (κ1) is 21.0. The second-order valence-electron chi connectivity index (χ2n) is 6.44. The number of nitrogens with zero attached hydrogens (tertiary/aromatic N) is 4. The molecule has 31 heavy (non-hydrogen) atoms. The molecule has 1 aromatic carbocycles. The van der Waals surface area contributed by atoms with E-state index in [1.807, 2.05) is 0 Å². The fourth-order valence-corrected chi connectivity index (χ4v) is 3.77. The van der Waals surface area contributed by atoms with Crippen molar-refractivity contribution >= 4 is 34.0 Å². The lowest BCUT2D eigenvalue weighted by molar-refractivity contribution is -0.137. The Morgan fingerprint density at radius 1 is 1.16 bits per heavy atom. The van der Waals surface area contributed by atoms with Gasteiger partial charge in [-0.2, -0.15) is 13.2 Å². The number of hydrogen-bond acceptors (Lipinski definition) is 5. The zero-order chi connectivity index (χ0) is 22.0. The predicted octanol–water partition coefficient (Wildman–Crippen LogP) is 5.24. The molecule has 4 rings (SSSR count). The second kappa shape index (κ2) is 8.48. The number of thiazole rings is 1. The van der Waals surface area contributed by atoms with Crippen LogP contribution in [0.1, 0.15) is 26.4 Å². The minimum Gasteiger partial charge on any atom is -0.298 e. The molecule has 0 aliphatic carbocycles. The van der Waals surface area contributed by atoms with Crippen LogP contribution in [0.25, 0.3) is 5.82 Å². The van der Waals surface area contributed by atoms with E-state index < -0.39 is 17.6 Å². The van der Waals surface area contributed by atoms with Gasteiger partial charge in [0.15, 0.2) is 5.13 Å². The average Bonchev–Trinajstić information content (AvgIpc) is 3.41. The molecule has 6 nitrogen and oxygen atoms in total. The summed E-state index contributed by atoms with van der Waals surface area (Å²) in [6, 6.07) is 6.49. The van der Waals surface area contributed by atoms with Crippen LogP contribution in [0.5, 0.6) is 0 Å². The fourth-order valence-electron chi connectivity index (χ4n) is 2.76. The highest BCUT2D eigenvalue weighted by Gasteiger charge is 2.31. The van der Waals surface area contributed by atoms with Gasteiger partial charge in [-0.25, -0.2) is 15.0 Å². The Balaban J connectivity index is 1.44. The van der Waals surface area contributed by atoms with Gasteiger partial charge >= 0.3 is 6.18 Å². The van der Waals surface area contributed by atoms with Gasteiger partial charge in [-0.15, -0.1) is 11.3 Å². The molecule has 0 saturated carbocycles. The van der Waals surface area contributed by atoms with Crippen molar-refractivity contribution in [3.63, 3.8) is 0 Å². The number of alkyl halides is 3. The minimum absolute atomic E-state index is 0.164. The Hall–Kier alpha value is -3.24. The van der Waals surface area contributed by atoms with Gasteiger partial charge in [-0.3, -0.25) is 14.7 Å². The van der Waals surface area contributed by atoms with E-state index in [4.69, 9.17) is 11.6 Å². The lowest BCUT2D eigenvalue weighted by Crippen LogP contribution is -2.12. The highest BCUT2D eigenvalue weighted by Crippen LogP contribution is 2.33. The van der Waals surface area contributed by atoms with Gasteiger partial charge in [0.05, 0.1) is 11.1 Å². The van der Waals surface area contributed by atoms with E-state index in [1.54, 1.807) is 35.4 Å². The molecule has 0 aliphatic heterocycles. The molecule has 11 heteroatoms. The predicted molar refractivity (Wildman–Crippen MR) is 111 cm³/mol. The van der Waals surface area contributed by atoms with E-state index >= 15 is 0 Å². The number of halogens is 4. The Bertz CT molecular complexity index is 1210. The molecular formula is C20H13ClF3N5OS. The molecule has 3 aromatic heterocycles. The lowest BCUT2D eigenvalue weighted by Gasteiger charge is -2.09. The average molecular weight is 464 g/mol. The molecule has 0 saturated heterocycles. The summed E-state index contributed by atoms with van der Waals surface area (Å²) in [7, 11) is 0. The van der Waals surface area contributed by atoms with Crippen LogP contribution in [0, 0.1) is 0 Å². The smallest absolute Gasteiger partial charge is 0.298 e. The van der Waals surface area contributed by atoms with Crippen molar-refractivity contribution in [2.45, 2.75) is 12.6 Å². The first-order valence-corrected chi connectivity index (χ1v) is 10.0. The van der Waals surface area contributed by atoms with Crippen LogP contribution in [0.2, 0.25) is 5.02 Å². The quantitative estimate of drug-likeness (QED) is 0.439. The third-order valence-corrected chi connectivity index (χ3v) is 5.57. The number of carbonyl (C=O) groups is 1. The van der Waals surface area contributed by atoms with Crippen LogP contribution in [0.15, 0.2) is 61.4 Å². The summed E-state index contributed by atoms with van der Waals surface area (Å²) in [5.74, 6) is 0.214. The van der Waals surface area contributed by atoms with Crippen molar-refractivity contribution in [1.82, 2.24) is 19.5 Å². The number of carbonyl (C=O) groups excluding carboxylic acids is 1. The van der Waals surface area contributed by atoms with Crippen LogP contribution in [-0.4, -0.2) is 25.4 Å². The summed E-state index contributed by atoms with van der Waals surface area (Å²) in [5, 5.41) is 3.22. The zero-order valence-corrected chi connectivity index (χ0v) is 17.2. The van der Waals surface area contributed by atoms with Gasteiger partial charge in [0.25, 0.3) is 5.91 Å². The summed E-state index contributed by atoms with van der Waals surface area (Å²) in [5.41, 5.74) is -0.101. The van der Waals surface area contributed by atoms with Crippen molar-refractivity contribution in [3.05, 3.63) is 88.0 Å². The van der Waals surface area contributed by atoms with E-state index in [0.29, 0.717) is 27.0 Å². The molecule has 3 heterocycles. The third kappa shape index (κ3) is 4.92. The molecule has 4 aromatic rings. The Labute approximate surface area is 183 Å². The molecule has 0 aliphatic rings. The number of nitrogens with one attached hydrogen (secondary N) is 1. The summed E-state index contributed by atoms with van der Waals surface area (Å²) in [6.07, 6.45) is 3.59. The topological polar surface area (TPSA) is 72.7 Å². The van der Waals surface area contributed by atoms with Crippen LogP contribution in [0.4, 0.5) is 18.3 Å². The van der Waals surface area contributed by atoms with E-state index in [-0.39, 0.29) is 11.4 Å². The summed E-state index contributed by atoms with van der Waals surface area (Å²) < 4.78 is 40.5. The third-order valence-electron chi connectivity index (χ3n) is 4.29. The van der Waals surface area contributed by atoms with Gasteiger partial charge < -0.3 is 0 Å². The van der Waals surface area contributed by atoms with Crippen molar-refractivity contribution in [2.24, 2.45) is 0 Å². The molecule has 0 bridgehead atoms. The van der Waals surface area contributed by atoms with E-state index in [9.17, 15) is 18.0 Å². The van der Waals surface area contributed by atoms with Gasteiger partial charge in [-0.05, 0) is 35.9 Å². The largest absolute Gasteiger partial charge is 0.416 e. The molecule has 1 amide bonds. The first-order valence-electron chi connectivity index (χ1n) is 8.85. The Morgan fingerprint density at radius 3 is 2.68 bits per heavy atom. The maximum Gasteiger partial charge on any atom is 0.416 e. The molecular weight excluding hydrogens is 451 g/mol. The standard InChI is InChI=1S/C20H13ClF3N5OS/c21-16-3-2-14(20(22,23)24)7-13(16)8-15-10-27-19(31-15)28-18(30)12-1-4-17(26-9-12)29-6-5-25-11-29/h1-7,9-11H,8H2,(H,27,28,30). The summed E-state index contributed by atoms with van der Waals surface area (Å²) in [6.45, 7) is 0. The number of aromatic nitrogens is 4. The number of pyridine rings is 1. The van der Waals surface area contributed by atoms with Gasteiger partial charge in [0.2, 0.25) is 0 Å². The summed E-state index contributed by atoms with van der Waals surface area (Å²) >= 11 is 7.21. The molecule has 158 valence electrons. The monoisotopic (exact) mass is 463 g/mol. The SMILES string of the molecule is O=C(Nc1ncc(Cc2cc(C(F)(F)F)ccc2Cl)s1)c1ccc(-n2ccnc2)nc1. The number of amides is 1. The molecule has 0 unspecified atom stereocenters. The van der Waals surface area contributed by atoms with Gasteiger partial charge in [-0.1, -0.05) is 11.6 Å². The lowest BCUT2D eigenvalue weighted by atomic mass is 10.1. The van der Waals surface area contributed by atoms with Crippen molar-refractivity contribution in [3.8, 4) is 5.82 Å². The van der Waals surface area contributed by atoms with Gasteiger partial charge in [0, 0.05) is 41.1 Å². The Morgan fingerprint density at radius 2 is 2.00 bits per heavy atom. The maximum absolute atomic E-state index is 12.9. The van der Waals surface area contributed by atoms with Gasteiger partial charge in [0.1, 0.15) is 12.1 Å². The van der Waals surface area contributed by atoms with Crippen molar-refractivity contribution in [2.75, 3.05) is 5.32 Å². The van der Waals surface area contributed by atoms with Crippen LogP contribution >= 0.6 is 22.9 Å². The zero-order valence-electron chi connectivity index (χ0n) is 15.6. The molecule has 0 atom stereocenters. The van der Waals surface area contributed by atoms with E-state index in [2.05, 4.69) is 20.3 Å². The number of anilines is 1. The number of rotatable bonds is 5.